The lowest BCUT2D eigenvalue weighted by Crippen LogP contribution is -2.39. The van der Waals surface area contributed by atoms with Gasteiger partial charge >= 0.3 is 5.97 Å². The molecule has 0 saturated heterocycles. The van der Waals surface area contributed by atoms with Gasteiger partial charge in [0.2, 0.25) is 0 Å². The number of ether oxygens (including phenoxy) is 2. The van der Waals surface area contributed by atoms with Gasteiger partial charge in [-0.05, 0) is 118 Å². The van der Waals surface area contributed by atoms with Gasteiger partial charge < -0.3 is 9.47 Å². The molecule has 1 aromatic heterocycles. The van der Waals surface area contributed by atoms with E-state index >= 15 is 0 Å². The SMILES string of the molecule is CCOC(=O)C1=C(C)N=c2sc(=Cc3cc(I)c(OCc4ccc(Cl)c(Cl)c4)c(I)c3)c(=O)n2[C@H]1c1ccc(F)cc1. The molecule has 0 aliphatic carbocycles. The molecule has 0 saturated carbocycles. The van der Waals surface area contributed by atoms with Crippen LogP contribution in [-0.2, 0) is 16.1 Å². The first-order valence-electron chi connectivity index (χ1n) is 12.6. The normalized spacial score (nSPS) is 14.9. The van der Waals surface area contributed by atoms with Crippen LogP contribution in [0, 0.1) is 13.0 Å². The predicted octanol–water partition coefficient (Wildman–Crippen LogP) is 7.03. The van der Waals surface area contributed by atoms with E-state index in [1.807, 2.05) is 18.2 Å². The minimum absolute atomic E-state index is 0.167. The highest BCUT2D eigenvalue weighted by Gasteiger charge is 2.33. The molecule has 42 heavy (non-hydrogen) atoms. The molecule has 0 unspecified atom stereocenters. The third-order valence-corrected chi connectivity index (χ3v) is 9.71. The smallest absolute Gasteiger partial charge is 0.338 e. The number of aromatic nitrogens is 1. The van der Waals surface area contributed by atoms with Crippen LogP contribution in [0.2, 0.25) is 10.0 Å². The number of hydrogen-bond acceptors (Lipinski definition) is 6. The van der Waals surface area contributed by atoms with Gasteiger partial charge in [-0.2, -0.15) is 0 Å². The average molecular weight is 849 g/mol. The topological polar surface area (TPSA) is 69.9 Å². The Balaban J connectivity index is 1.54. The van der Waals surface area contributed by atoms with Gasteiger partial charge in [0, 0.05) is 0 Å². The Hall–Kier alpha value is -2.26. The summed E-state index contributed by atoms with van der Waals surface area (Å²) in [4.78, 5) is 31.9. The molecule has 12 heteroatoms. The first kappa shape index (κ1) is 31.2. The summed E-state index contributed by atoms with van der Waals surface area (Å²) in [6.07, 6.45) is 1.79. The van der Waals surface area contributed by atoms with E-state index in [4.69, 9.17) is 32.7 Å². The van der Waals surface area contributed by atoms with Crippen LogP contribution < -0.4 is 19.6 Å². The molecule has 2 heterocycles. The van der Waals surface area contributed by atoms with Crippen molar-refractivity contribution in [3.05, 3.63) is 125 Å². The van der Waals surface area contributed by atoms with E-state index in [1.165, 1.54) is 28.0 Å². The Morgan fingerprint density at radius 1 is 1.10 bits per heavy atom. The fourth-order valence-electron chi connectivity index (χ4n) is 4.49. The van der Waals surface area contributed by atoms with Crippen LogP contribution in [0.15, 0.2) is 75.7 Å². The Kier molecular flexibility index (Phi) is 9.77. The predicted molar refractivity (Wildman–Crippen MR) is 179 cm³/mol. The third-order valence-electron chi connectivity index (χ3n) is 6.39. The van der Waals surface area contributed by atoms with E-state index in [0.29, 0.717) is 43.0 Å². The first-order valence-corrected chi connectivity index (χ1v) is 16.3. The minimum atomic E-state index is -0.805. The van der Waals surface area contributed by atoms with Gasteiger partial charge in [0.25, 0.3) is 5.56 Å². The Morgan fingerprint density at radius 2 is 1.79 bits per heavy atom. The largest absolute Gasteiger partial charge is 0.487 e. The van der Waals surface area contributed by atoms with Gasteiger partial charge in [-0.1, -0.05) is 52.7 Å². The summed E-state index contributed by atoms with van der Waals surface area (Å²) in [7, 11) is 0. The molecule has 1 aliphatic rings. The van der Waals surface area contributed by atoms with Crippen molar-refractivity contribution < 1.29 is 18.7 Å². The van der Waals surface area contributed by atoms with Gasteiger partial charge in [-0.3, -0.25) is 9.36 Å². The lowest BCUT2D eigenvalue weighted by Gasteiger charge is -2.24. The van der Waals surface area contributed by atoms with E-state index in [1.54, 1.807) is 44.2 Å². The maximum absolute atomic E-state index is 13.8. The van der Waals surface area contributed by atoms with Gasteiger partial charge in [0.1, 0.15) is 18.2 Å². The number of esters is 1. The lowest BCUT2D eigenvalue weighted by molar-refractivity contribution is -0.139. The number of carbonyl (C=O) groups is 1. The van der Waals surface area contributed by atoms with Crippen molar-refractivity contribution in [1.29, 1.82) is 0 Å². The van der Waals surface area contributed by atoms with Gasteiger partial charge in [-0.25, -0.2) is 14.2 Å². The zero-order valence-electron chi connectivity index (χ0n) is 22.1. The molecule has 0 spiro atoms. The van der Waals surface area contributed by atoms with Crippen molar-refractivity contribution >= 4 is 91.8 Å². The van der Waals surface area contributed by atoms with Crippen LogP contribution in [-0.4, -0.2) is 17.1 Å². The molecule has 0 amide bonds. The number of hydrogen-bond donors (Lipinski definition) is 0. The summed E-state index contributed by atoms with van der Waals surface area (Å²) >= 11 is 17.8. The molecule has 3 aromatic carbocycles. The molecule has 5 rings (SSSR count). The van der Waals surface area contributed by atoms with Crippen molar-refractivity contribution in [2.45, 2.75) is 26.5 Å². The van der Waals surface area contributed by atoms with Crippen molar-refractivity contribution in [2.75, 3.05) is 6.61 Å². The number of thiazole rings is 1. The molecule has 6 nitrogen and oxygen atoms in total. The molecule has 0 N–H and O–H groups in total. The average Bonchev–Trinajstić information content (AvgIpc) is 3.24. The molecule has 0 bridgehead atoms. The highest BCUT2D eigenvalue weighted by atomic mass is 127. The Labute approximate surface area is 281 Å². The maximum atomic E-state index is 13.8. The van der Waals surface area contributed by atoms with Crippen LogP contribution in [0.5, 0.6) is 5.75 Å². The van der Waals surface area contributed by atoms with Crippen LogP contribution in [0.1, 0.15) is 36.6 Å². The van der Waals surface area contributed by atoms with Crippen LogP contribution in [0.3, 0.4) is 0 Å². The zero-order chi connectivity index (χ0) is 30.1. The molecule has 0 radical (unpaired) electrons. The standard InChI is InChI=1S/C30H21Cl2FI2N2O4S/c1-3-40-29(39)25-15(2)36-30-37(26(25)18-5-7-19(33)8-6-18)28(38)24(42-30)13-17-11-22(34)27(23(35)12-17)41-14-16-4-9-20(31)21(32)10-16/h4-13,26H,3,14H2,1-2H3/t26-/m0/s1. The quantitative estimate of drug-likeness (QED) is 0.148. The highest BCUT2D eigenvalue weighted by Crippen LogP contribution is 2.32. The maximum Gasteiger partial charge on any atom is 0.338 e. The number of carbonyl (C=O) groups excluding carboxylic acids is 1. The monoisotopic (exact) mass is 848 g/mol. The van der Waals surface area contributed by atoms with Gasteiger partial charge in [-0.15, -0.1) is 0 Å². The van der Waals surface area contributed by atoms with Crippen molar-refractivity contribution in [2.24, 2.45) is 4.99 Å². The molecule has 4 aromatic rings. The number of rotatable bonds is 7. The fourth-order valence-corrected chi connectivity index (χ4v) is 7.98. The zero-order valence-corrected chi connectivity index (χ0v) is 28.7. The van der Waals surface area contributed by atoms with E-state index in [-0.39, 0.29) is 17.7 Å². The fraction of sp³-hybridized carbons (Fsp3) is 0.167. The Bertz CT molecular complexity index is 1900. The lowest BCUT2D eigenvalue weighted by atomic mass is 9.96. The first-order chi connectivity index (χ1) is 20.1. The minimum Gasteiger partial charge on any atom is -0.487 e. The second kappa shape index (κ2) is 13.2. The van der Waals surface area contributed by atoms with E-state index in [9.17, 15) is 14.0 Å². The second-order valence-corrected chi connectivity index (χ2v) is 13.4. The molecular formula is C30H21Cl2FI2N2O4S. The second-order valence-electron chi connectivity index (χ2n) is 9.20. The Morgan fingerprint density at radius 3 is 2.43 bits per heavy atom. The summed E-state index contributed by atoms with van der Waals surface area (Å²) in [5.41, 5.74) is 2.64. The van der Waals surface area contributed by atoms with Crippen LogP contribution in [0.4, 0.5) is 4.39 Å². The van der Waals surface area contributed by atoms with Crippen LogP contribution >= 0.6 is 79.7 Å². The van der Waals surface area contributed by atoms with Crippen molar-refractivity contribution in [3.63, 3.8) is 0 Å². The summed E-state index contributed by atoms with van der Waals surface area (Å²) < 4.78 is 28.8. The number of nitrogens with zero attached hydrogens (tertiary/aromatic N) is 2. The summed E-state index contributed by atoms with van der Waals surface area (Å²) in [5, 5.41) is 0.945. The number of halogens is 5. The molecular weight excluding hydrogens is 828 g/mol. The van der Waals surface area contributed by atoms with Crippen molar-refractivity contribution in [1.82, 2.24) is 4.57 Å². The van der Waals surface area contributed by atoms with E-state index < -0.39 is 17.8 Å². The summed E-state index contributed by atoms with van der Waals surface area (Å²) in [6.45, 7) is 3.90. The van der Waals surface area contributed by atoms with E-state index in [2.05, 4.69) is 50.2 Å². The number of benzene rings is 3. The number of allylic oxidation sites excluding steroid dienone is 1. The van der Waals surface area contributed by atoms with Gasteiger partial charge in [0.15, 0.2) is 4.80 Å². The molecule has 1 atom stereocenters. The van der Waals surface area contributed by atoms with Crippen molar-refractivity contribution in [3.8, 4) is 5.75 Å². The molecule has 216 valence electrons. The number of fused-ring (bicyclic) bond motifs is 1. The van der Waals surface area contributed by atoms with E-state index in [0.717, 1.165) is 18.3 Å². The summed E-state index contributed by atoms with van der Waals surface area (Å²) in [5.74, 6) is -0.270. The summed E-state index contributed by atoms with van der Waals surface area (Å²) in [6, 6.07) is 14.2. The van der Waals surface area contributed by atoms with Crippen LogP contribution in [0.25, 0.3) is 6.08 Å². The third kappa shape index (κ3) is 6.47. The highest BCUT2D eigenvalue weighted by molar-refractivity contribution is 14.1. The molecule has 1 aliphatic heterocycles. The van der Waals surface area contributed by atoms with Gasteiger partial charge in [0.05, 0.1) is 45.6 Å². The molecule has 0 fully saturated rings.